The highest BCUT2D eigenvalue weighted by Crippen LogP contribution is 2.44. The molecule has 0 bridgehead atoms. The van der Waals surface area contributed by atoms with Gasteiger partial charge in [-0.25, -0.2) is 0 Å². The topological polar surface area (TPSA) is 40.6 Å². The lowest BCUT2D eigenvalue weighted by molar-refractivity contribution is -0.141. The molecule has 0 spiro atoms. The van der Waals surface area contributed by atoms with E-state index in [2.05, 4.69) is 18.7 Å². The van der Waals surface area contributed by atoms with Gasteiger partial charge in [-0.1, -0.05) is 43.6 Å². The summed E-state index contributed by atoms with van der Waals surface area (Å²) in [5, 5.41) is 0.993. The second-order valence-electron chi connectivity index (χ2n) is 9.37. The van der Waals surface area contributed by atoms with Gasteiger partial charge < -0.3 is 9.80 Å². The number of halogens is 1. The molecule has 4 rings (SSSR count). The van der Waals surface area contributed by atoms with Crippen molar-refractivity contribution in [2.45, 2.75) is 50.8 Å². The van der Waals surface area contributed by atoms with E-state index in [-0.39, 0.29) is 17.9 Å². The molecule has 0 aromatic heterocycles. The Morgan fingerprint density at radius 1 is 1.13 bits per heavy atom. The molecule has 162 valence electrons. The zero-order valence-corrected chi connectivity index (χ0v) is 19.6. The summed E-state index contributed by atoms with van der Waals surface area (Å²) in [6.45, 7) is 6.23. The molecular formula is C24H31ClN2O2S. The van der Waals surface area contributed by atoms with Crippen LogP contribution in [0.25, 0.3) is 6.08 Å². The number of rotatable bonds is 2. The molecule has 0 N–H and O–H groups in total. The van der Waals surface area contributed by atoms with Gasteiger partial charge in [-0.2, -0.15) is 0 Å². The van der Waals surface area contributed by atoms with Crippen molar-refractivity contribution in [2.24, 2.45) is 17.8 Å². The standard InChI is InChI=1S/C24H31ClN2O2S/c1-15-10-16(2)14-27(13-15)23(28)18-8-9-21-20(11-18)26(3)24(29)22(30-21)12-17-6-4-5-7-19(17)25/h4-7,12,15-16,18,20-21H,8-11,13-14H2,1-3H3/b22-12-. The smallest absolute Gasteiger partial charge is 0.260 e. The molecule has 6 heteroatoms. The molecule has 3 fully saturated rings. The summed E-state index contributed by atoms with van der Waals surface area (Å²) in [6.07, 6.45) is 5.76. The van der Waals surface area contributed by atoms with E-state index < -0.39 is 0 Å². The minimum absolute atomic E-state index is 0.0358. The monoisotopic (exact) mass is 446 g/mol. The van der Waals surface area contributed by atoms with Crippen molar-refractivity contribution in [3.8, 4) is 0 Å². The van der Waals surface area contributed by atoms with Crippen molar-refractivity contribution in [3.63, 3.8) is 0 Å². The maximum Gasteiger partial charge on any atom is 0.260 e. The molecular weight excluding hydrogens is 416 g/mol. The molecule has 1 aliphatic carbocycles. The van der Waals surface area contributed by atoms with E-state index in [1.165, 1.54) is 6.42 Å². The highest BCUT2D eigenvalue weighted by molar-refractivity contribution is 8.04. The van der Waals surface area contributed by atoms with Crippen LogP contribution in [-0.4, -0.2) is 53.0 Å². The minimum atomic E-state index is 0.0358. The summed E-state index contributed by atoms with van der Waals surface area (Å²) >= 11 is 7.96. The highest BCUT2D eigenvalue weighted by Gasteiger charge is 2.44. The molecule has 0 radical (unpaired) electrons. The van der Waals surface area contributed by atoms with Crippen LogP contribution >= 0.6 is 23.4 Å². The van der Waals surface area contributed by atoms with Gasteiger partial charge in [-0.15, -0.1) is 11.8 Å². The number of likely N-dealkylation sites (tertiary alicyclic amines) is 1. The van der Waals surface area contributed by atoms with Gasteiger partial charge in [0, 0.05) is 42.4 Å². The molecule has 2 heterocycles. The number of hydrogen-bond donors (Lipinski definition) is 0. The van der Waals surface area contributed by atoms with Crippen LogP contribution in [0.5, 0.6) is 0 Å². The fourth-order valence-corrected chi connectivity index (χ4v) is 7.02. The summed E-state index contributed by atoms with van der Waals surface area (Å²) in [7, 11) is 1.89. The zero-order chi connectivity index (χ0) is 21.4. The quantitative estimate of drug-likeness (QED) is 0.605. The normalized spacial score (nSPS) is 33.5. The van der Waals surface area contributed by atoms with E-state index in [9.17, 15) is 9.59 Å². The first kappa shape index (κ1) is 21.8. The Hall–Kier alpha value is -1.46. The highest BCUT2D eigenvalue weighted by atomic mass is 35.5. The Morgan fingerprint density at radius 3 is 2.53 bits per heavy atom. The molecule has 30 heavy (non-hydrogen) atoms. The fraction of sp³-hybridized carbons (Fsp3) is 0.583. The van der Waals surface area contributed by atoms with Gasteiger partial charge in [0.25, 0.3) is 5.91 Å². The maximum absolute atomic E-state index is 13.2. The predicted molar refractivity (Wildman–Crippen MR) is 124 cm³/mol. The van der Waals surface area contributed by atoms with E-state index in [1.807, 2.05) is 42.3 Å². The Labute approximate surface area is 189 Å². The summed E-state index contributed by atoms with van der Waals surface area (Å²) in [5.74, 6) is 1.51. The third-order valence-electron chi connectivity index (χ3n) is 6.78. The number of likely N-dealkylation sites (N-methyl/N-ethyl adjacent to an activating group) is 1. The Bertz CT molecular complexity index is 847. The molecule has 5 atom stereocenters. The number of hydrogen-bond acceptors (Lipinski definition) is 3. The van der Waals surface area contributed by atoms with Gasteiger partial charge >= 0.3 is 0 Å². The second-order valence-corrected chi connectivity index (χ2v) is 11.1. The first-order chi connectivity index (χ1) is 14.3. The van der Waals surface area contributed by atoms with Crippen LogP contribution in [-0.2, 0) is 9.59 Å². The van der Waals surface area contributed by atoms with Crippen LogP contribution < -0.4 is 0 Å². The van der Waals surface area contributed by atoms with Crippen LogP contribution in [0.2, 0.25) is 5.02 Å². The van der Waals surface area contributed by atoms with Crippen molar-refractivity contribution in [1.29, 1.82) is 0 Å². The van der Waals surface area contributed by atoms with Crippen molar-refractivity contribution in [1.82, 2.24) is 9.80 Å². The number of piperidine rings is 1. The van der Waals surface area contributed by atoms with E-state index in [1.54, 1.807) is 11.8 Å². The zero-order valence-electron chi connectivity index (χ0n) is 18.0. The molecule has 4 nitrogen and oxygen atoms in total. The fourth-order valence-electron chi connectivity index (χ4n) is 5.36. The van der Waals surface area contributed by atoms with Gasteiger partial charge in [0.05, 0.1) is 4.91 Å². The third kappa shape index (κ3) is 4.43. The number of nitrogens with zero attached hydrogens (tertiary/aromatic N) is 2. The number of thioether (sulfide) groups is 1. The second kappa shape index (κ2) is 8.96. The summed E-state index contributed by atoms with van der Waals surface area (Å²) in [6, 6.07) is 7.73. The molecule has 2 amide bonds. The predicted octanol–water partition coefficient (Wildman–Crippen LogP) is 4.93. The molecule has 5 unspecified atom stereocenters. The molecule has 1 aromatic carbocycles. The number of benzene rings is 1. The van der Waals surface area contributed by atoms with E-state index >= 15 is 0 Å². The van der Waals surface area contributed by atoms with Crippen LogP contribution in [0, 0.1) is 17.8 Å². The molecule has 2 aliphatic heterocycles. The first-order valence-corrected chi connectivity index (χ1v) is 12.3. The maximum atomic E-state index is 13.2. The number of fused-ring (bicyclic) bond motifs is 1. The van der Waals surface area contributed by atoms with Gasteiger partial charge in [-0.05, 0) is 55.2 Å². The van der Waals surface area contributed by atoms with Crippen LogP contribution in [0.15, 0.2) is 29.2 Å². The average molecular weight is 447 g/mol. The Morgan fingerprint density at radius 2 is 1.83 bits per heavy atom. The molecule has 1 aromatic rings. The Kier molecular flexibility index (Phi) is 6.50. The first-order valence-electron chi connectivity index (χ1n) is 11.0. The number of carbonyl (C=O) groups excluding carboxylic acids is 2. The van der Waals surface area contributed by atoms with Crippen LogP contribution in [0.4, 0.5) is 0 Å². The lowest BCUT2D eigenvalue weighted by Gasteiger charge is -2.45. The van der Waals surface area contributed by atoms with Gasteiger partial charge in [0.15, 0.2) is 0 Å². The van der Waals surface area contributed by atoms with Gasteiger partial charge in [0.1, 0.15) is 0 Å². The number of carbonyl (C=O) groups is 2. The van der Waals surface area contributed by atoms with Crippen molar-refractivity contribution < 1.29 is 9.59 Å². The molecule has 1 saturated carbocycles. The van der Waals surface area contributed by atoms with Gasteiger partial charge in [-0.3, -0.25) is 9.59 Å². The SMILES string of the molecule is CC1CC(C)CN(C(=O)C2CCC3S/C(=C\c4ccccc4Cl)C(=O)N(C)C3C2)C1. The van der Waals surface area contributed by atoms with Gasteiger partial charge in [0.2, 0.25) is 5.91 Å². The molecule has 3 aliphatic rings. The summed E-state index contributed by atoms with van der Waals surface area (Å²) < 4.78 is 0. The van der Waals surface area contributed by atoms with E-state index in [4.69, 9.17) is 11.6 Å². The largest absolute Gasteiger partial charge is 0.342 e. The Balaban J connectivity index is 1.46. The van der Waals surface area contributed by atoms with E-state index in [0.717, 1.165) is 42.8 Å². The summed E-state index contributed by atoms with van der Waals surface area (Å²) in [4.78, 5) is 31.0. The minimum Gasteiger partial charge on any atom is -0.342 e. The average Bonchev–Trinajstić information content (AvgIpc) is 2.72. The number of amides is 2. The van der Waals surface area contributed by atoms with Crippen LogP contribution in [0.1, 0.15) is 45.1 Å². The lowest BCUT2D eigenvalue weighted by Crippen LogP contribution is -2.53. The lowest BCUT2D eigenvalue weighted by atomic mass is 9.82. The van der Waals surface area contributed by atoms with Crippen LogP contribution in [0.3, 0.4) is 0 Å². The van der Waals surface area contributed by atoms with Crippen molar-refractivity contribution in [3.05, 3.63) is 39.8 Å². The summed E-state index contributed by atoms with van der Waals surface area (Å²) in [5.41, 5.74) is 0.874. The van der Waals surface area contributed by atoms with E-state index in [0.29, 0.717) is 28.0 Å². The molecule has 2 saturated heterocycles. The third-order valence-corrected chi connectivity index (χ3v) is 8.53. The van der Waals surface area contributed by atoms with Crippen molar-refractivity contribution >= 4 is 41.3 Å². The van der Waals surface area contributed by atoms with Crippen molar-refractivity contribution in [2.75, 3.05) is 20.1 Å².